The fourth-order valence-electron chi connectivity index (χ4n) is 7.21. The molecule has 1 aromatic heterocycles. The molecular formula is C37H40FN5O4. The molecule has 3 heterocycles. The molecule has 2 amide bonds. The Morgan fingerprint density at radius 1 is 1.02 bits per heavy atom. The van der Waals surface area contributed by atoms with E-state index in [1.165, 1.54) is 37.8 Å². The van der Waals surface area contributed by atoms with Crippen LogP contribution in [-0.4, -0.2) is 63.5 Å². The van der Waals surface area contributed by atoms with E-state index in [-0.39, 0.29) is 30.0 Å². The average molecular weight is 638 g/mol. The molecule has 0 spiro atoms. The molecule has 10 heteroatoms. The molecule has 7 rings (SSSR count). The Hall–Kier alpha value is -4.57. The van der Waals surface area contributed by atoms with Crippen molar-refractivity contribution in [1.29, 1.82) is 0 Å². The fraction of sp³-hybridized carbons (Fsp3) is 0.405. The van der Waals surface area contributed by atoms with Crippen LogP contribution in [0.3, 0.4) is 0 Å². The second-order valence-corrected chi connectivity index (χ2v) is 13.0. The third-order valence-corrected chi connectivity index (χ3v) is 9.80. The highest BCUT2D eigenvalue weighted by Gasteiger charge is 2.32. The lowest BCUT2D eigenvalue weighted by Gasteiger charge is -2.36. The molecule has 3 aromatic carbocycles. The number of likely N-dealkylation sites (tertiary alicyclic amines) is 2. The van der Waals surface area contributed by atoms with Crippen molar-refractivity contribution in [3.05, 3.63) is 95.1 Å². The number of nitrogens with one attached hydrogen (secondary N) is 1. The van der Waals surface area contributed by atoms with Crippen LogP contribution >= 0.6 is 0 Å². The standard InChI is InChI=1S/C37H40FN5O4/c1-24-39-37(47-41-24)26-11-13-31(14-12-26)46-34-21-32(36(45)40-29-15-17-42(18-16-29)30-9-5-6-10-30)33(38)19-28(34)23-43-22-27(20-35(43)44)25-7-3-2-4-8-25/h2-4,7-8,11-14,19,21,27,29-30H,5-6,9-10,15-18,20,22-23H2,1H3,(H,40,45). The van der Waals surface area contributed by atoms with Gasteiger partial charge in [0, 0.05) is 61.7 Å². The summed E-state index contributed by atoms with van der Waals surface area (Å²) in [4.78, 5) is 35.1. The summed E-state index contributed by atoms with van der Waals surface area (Å²) in [7, 11) is 0. The highest BCUT2D eigenvalue weighted by Crippen LogP contribution is 2.34. The van der Waals surface area contributed by atoms with E-state index in [0.29, 0.717) is 47.8 Å². The zero-order valence-corrected chi connectivity index (χ0v) is 26.7. The summed E-state index contributed by atoms with van der Waals surface area (Å²) in [6.07, 6.45) is 7.18. The van der Waals surface area contributed by atoms with E-state index < -0.39 is 11.7 Å². The van der Waals surface area contributed by atoms with E-state index in [9.17, 15) is 9.59 Å². The van der Waals surface area contributed by atoms with Crippen molar-refractivity contribution in [1.82, 2.24) is 25.3 Å². The van der Waals surface area contributed by atoms with Crippen molar-refractivity contribution in [3.8, 4) is 23.0 Å². The quantitative estimate of drug-likeness (QED) is 0.220. The number of aromatic nitrogens is 2. The molecule has 2 saturated heterocycles. The molecule has 0 radical (unpaired) electrons. The van der Waals surface area contributed by atoms with Crippen LogP contribution in [0.15, 0.2) is 71.3 Å². The van der Waals surface area contributed by atoms with Crippen LogP contribution in [-0.2, 0) is 11.3 Å². The predicted molar refractivity (Wildman–Crippen MR) is 174 cm³/mol. The highest BCUT2D eigenvalue weighted by atomic mass is 19.1. The molecular weight excluding hydrogens is 597 g/mol. The zero-order valence-electron chi connectivity index (χ0n) is 26.7. The van der Waals surface area contributed by atoms with E-state index in [1.807, 2.05) is 30.3 Å². The van der Waals surface area contributed by atoms with E-state index in [1.54, 1.807) is 36.1 Å². The van der Waals surface area contributed by atoms with Gasteiger partial charge in [-0.3, -0.25) is 9.59 Å². The van der Waals surface area contributed by atoms with Gasteiger partial charge in [0.25, 0.3) is 11.8 Å². The summed E-state index contributed by atoms with van der Waals surface area (Å²) in [5, 5.41) is 6.93. The molecule has 244 valence electrons. The number of carbonyl (C=O) groups excluding carboxylic acids is 2. The van der Waals surface area contributed by atoms with Crippen LogP contribution in [0.25, 0.3) is 11.5 Å². The lowest BCUT2D eigenvalue weighted by Crippen LogP contribution is -2.47. The van der Waals surface area contributed by atoms with Gasteiger partial charge >= 0.3 is 0 Å². The van der Waals surface area contributed by atoms with Crippen molar-refractivity contribution in [3.63, 3.8) is 0 Å². The molecule has 4 aromatic rings. The highest BCUT2D eigenvalue weighted by molar-refractivity contribution is 5.95. The lowest BCUT2D eigenvalue weighted by atomic mass is 9.98. The van der Waals surface area contributed by atoms with Crippen molar-refractivity contribution < 1.29 is 23.2 Å². The summed E-state index contributed by atoms with van der Waals surface area (Å²) in [6, 6.07) is 20.5. The van der Waals surface area contributed by atoms with Crippen LogP contribution in [0.1, 0.15) is 78.2 Å². The van der Waals surface area contributed by atoms with Gasteiger partial charge in [0.1, 0.15) is 17.3 Å². The van der Waals surface area contributed by atoms with Gasteiger partial charge in [0.15, 0.2) is 5.82 Å². The number of carbonyl (C=O) groups is 2. The van der Waals surface area contributed by atoms with E-state index in [0.717, 1.165) is 37.1 Å². The molecule has 9 nitrogen and oxygen atoms in total. The van der Waals surface area contributed by atoms with Gasteiger partial charge < -0.3 is 24.4 Å². The smallest absolute Gasteiger partial charge is 0.257 e. The van der Waals surface area contributed by atoms with Crippen LogP contribution in [0.2, 0.25) is 0 Å². The van der Waals surface area contributed by atoms with Gasteiger partial charge in [-0.05, 0) is 74.6 Å². The SMILES string of the molecule is Cc1noc(-c2ccc(Oc3cc(C(=O)NC4CCN(C5CCCC5)CC4)c(F)cc3CN3CC(c4ccccc4)CC3=O)cc2)n1. The fourth-order valence-corrected chi connectivity index (χ4v) is 7.21. The predicted octanol–water partition coefficient (Wildman–Crippen LogP) is 6.63. The maximum absolute atomic E-state index is 15.7. The first-order valence-electron chi connectivity index (χ1n) is 16.7. The van der Waals surface area contributed by atoms with Gasteiger partial charge in [-0.1, -0.05) is 48.3 Å². The number of halogens is 1. The molecule has 1 aliphatic carbocycles. The molecule has 1 atom stereocenters. The number of aryl methyl sites for hydroxylation is 1. The van der Waals surface area contributed by atoms with Crippen molar-refractivity contribution in [2.24, 2.45) is 0 Å². The zero-order chi connectivity index (χ0) is 32.3. The third-order valence-electron chi connectivity index (χ3n) is 9.80. The van der Waals surface area contributed by atoms with E-state index >= 15 is 4.39 Å². The normalized spacial score (nSPS) is 19.4. The van der Waals surface area contributed by atoms with Gasteiger partial charge in [-0.25, -0.2) is 4.39 Å². The van der Waals surface area contributed by atoms with Gasteiger partial charge in [-0.2, -0.15) is 4.98 Å². The molecule has 3 aliphatic rings. The number of rotatable bonds is 9. The topological polar surface area (TPSA) is 101 Å². The summed E-state index contributed by atoms with van der Waals surface area (Å²) in [5.74, 6) is 0.697. The summed E-state index contributed by atoms with van der Waals surface area (Å²) >= 11 is 0. The van der Waals surface area contributed by atoms with Crippen molar-refractivity contribution in [2.75, 3.05) is 19.6 Å². The van der Waals surface area contributed by atoms with Crippen molar-refractivity contribution in [2.45, 2.75) is 76.4 Å². The van der Waals surface area contributed by atoms with Crippen LogP contribution in [0.5, 0.6) is 11.5 Å². The second-order valence-electron chi connectivity index (χ2n) is 13.0. The van der Waals surface area contributed by atoms with Gasteiger partial charge in [0.2, 0.25) is 5.91 Å². The van der Waals surface area contributed by atoms with Crippen LogP contribution in [0.4, 0.5) is 4.39 Å². The average Bonchev–Trinajstić information content (AvgIpc) is 3.86. The van der Waals surface area contributed by atoms with E-state index in [2.05, 4.69) is 20.4 Å². The second kappa shape index (κ2) is 13.7. The number of hydrogen-bond donors (Lipinski definition) is 1. The summed E-state index contributed by atoms with van der Waals surface area (Å²) < 4.78 is 27.3. The molecule has 1 saturated carbocycles. The monoisotopic (exact) mass is 637 g/mol. The molecule has 1 N–H and O–H groups in total. The lowest BCUT2D eigenvalue weighted by molar-refractivity contribution is -0.128. The maximum Gasteiger partial charge on any atom is 0.257 e. The Bertz CT molecular complexity index is 1710. The molecule has 1 unspecified atom stereocenters. The number of benzene rings is 3. The van der Waals surface area contributed by atoms with Crippen molar-refractivity contribution >= 4 is 11.8 Å². The first-order chi connectivity index (χ1) is 22.9. The number of nitrogens with zero attached hydrogens (tertiary/aromatic N) is 4. The Kier molecular flexibility index (Phi) is 9.02. The first-order valence-corrected chi connectivity index (χ1v) is 16.7. The Balaban J connectivity index is 1.10. The van der Waals surface area contributed by atoms with Gasteiger partial charge in [0.05, 0.1) is 5.56 Å². The largest absolute Gasteiger partial charge is 0.457 e. The van der Waals surface area contributed by atoms with Crippen LogP contribution < -0.4 is 10.1 Å². The van der Waals surface area contributed by atoms with Crippen LogP contribution in [0, 0.1) is 12.7 Å². The maximum atomic E-state index is 15.7. The Labute approximate surface area is 274 Å². The Morgan fingerprint density at radius 3 is 2.47 bits per heavy atom. The third kappa shape index (κ3) is 7.07. The molecule has 3 fully saturated rings. The minimum absolute atomic E-state index is 0.00446. The number of hydrogen-bond acceptors (Lipinski definition) is 7. The minimum Gasteiger partial charge on any atom is -0.457 e. The molecule has 0 bridgehead atoms. The summed E-state index contributed by atoms with van der Waals surface area (Å²) in [5.41, 5.74) is 2.24. The van der Waals surface area contributed by atoms with E-state index in [4.69, 9.17) is 9.26 Å². The first kappa shape index (κ1) is 31.1. The number of amides is 2. The molecule has 2 aliphatic heterocycles. The number of piperidine rings is 1. The van der Waals surface area contributed by atoms with Gasteiger partial charge in [-0.15, -0.1) is 0 Å². The Morgan fingerprint density at radius 2 is 1.77 bits per heavy atom. The molecule has 47 heavy (non-hydrogen) atoms. The number of ether oxygens (including phenoxy) is 1. The summed E-state index contributed by atoms with van der Waals surface area (Å²) in [6.45, 7) is 4.32. The minimum atomic E-state index is -0.637.